The van der Waals surface area contributed by atoms with Crippen molar-refractivity contribution in [3.05, 3.63) is 47.9 Å². The number of nitrogens with zero attached hydrogens (tertiary/aromatic N) is 5. The number of nitrogen functional groups attached to an aromatic ring is 1. The molecular weight excluding hydrogens is 966 g/mol. The van der Waals surface area contributed by atoms with Gasteiger partial charge in [0.2, 0.25) is 0 Å². The van der Waals surface area contributed by atoms with Crippen molar-refractivity contribution >= 4 is 56.6 Å². The molecule has 0 amide bonds. The Kier molecular flexibility index (Phi) is 17.6. The summed E-state index contributed by atoms with van der Waals surface area (Å²) in [6.45, 7) is 10.6. The lowest BCUT2D eigenvalue weighted by molar-refractivity contribution is -0.296. The number of carbonyl (C=O) groups is 3. The lowest BCUT2D eigenvalue weighted by atomic mass is 9.75. The minimum atomic E-state index is -2.02. The molecule has 0 aliphatic carbocycles. The first-order valence-electron chi connectivity index (χ1n) is 21.5. The van der Waals surface area contributed by atoms with Crippen molar-refractivity contribution in [2.24, 2.45) is 23.7 Å². The molecule has 15 atom stereocenters. The Morgan fingerprint density at radius 3 is 2.34 bits per heavy atom. The van der Waals surface area contributed by atoms with Crippen molar-refractivity contribution in [2.75, 3.05) is 40.2 Å². The molecule has 2 fully saturated rings. The maximum Gasteiger partial charge on any atom is 0.317 e. The Morgan fingerprint density at radius 1 is 1.08 bits per heavy atom. The minimum Gasteiger partial charge on any atom is -0.448 e. The van der Waals surface area contributed by atoms with Crippen LogP contribution in [0.4, 0.5) is 9.52 Å². The second-order valence-corrected chi connectivity index (χ2v) is 20.0. The Bertz CT molecular complexity index is 2040. The summed E-state index contributed by atoms with van der Waals surface area (Å²) in [6.07, 6.45) is -2.09. The first-order valence-corrected chi connectivity index (χ1v) is 23.5. The van der Waals surface area contributed by atoms with Crippen LogP contribution < -0.4 is 5.73 Å². The molecule has 64 heavy (non-hydrogen) atoms. The van der Waals surface area contributed by atoms with Gasteiger partial charge in [0.25, 0.3) is 0 Å². The summed E-state index contributed by atoms with van der Waals surface area (Å²) in [6, 6.07) is 6.29. The third kappa shape index (κ3) is 11.4. The van der Waals surface area contributed by atoms with Gasteiger partial charge in [0, 0.05) is 63.4 Å². The third-order valence-corrected chi connectivity index (χ3v) is 15.4. The van der Waals surface area contributed by atoms with E-state index in [0.717, 1.165) is 16.0 Å². The first kappa shape index (κ1) is 51.9. The standard InChI is InChI=1S/C44H64FIN6O11S/c1-22-18-43(6,60-10)38(25(4)34(54)26(5)39(57)63-41(46)44(7,58)37(56)24(3)33(22)53)62-40-35(55)30(17-23(2)61-40)51(8)16-15-29-21-52(50-49-29)31(19-45)36(59-9)28-13-11-27(12-14-28)32-20-48-42(47)64-32/h11-14,20-26,30-31,35-38,40-41,55-56,58H,15-19H2,1-10H3,(H2,47,48)/t22-,23-,24+,25+,26-,30+,31-,35-,36-,37-,38-,40+,41+,43-,44+/m1/s1. The lowest BCUT2D eigenvalue weighted by Crippen LogP contribution is -2.60. The van der Waals surface area contributed by atoms with Gasteiger partial charge in [0.1, 0.15) is 42.2 Å². The monoisotopic (exact) mass is 1030 g/mol. The van der Waals surface area contributed by atoms with Gasteiger partial charge in [-0.15, -0.1) is 5.10 Å². The number of carbonyl (C=O) groups excluding carboxylic acids is 3. The second-order valence-electron chi connectivity index (χ2n) is 17.8. The number of benzene rings is 1. The molecule has 2 aliphatic rings. The number of esters is 1. The molecule has 3 aromatic rings. The number of Topliss-reactive ketones (excluding diaryl/α,β-unsaturated/α-hetero) is 2. The molecule has 2 aromatic heterocycles. The van der Waals surface area contributed by atoms with Gasteiger partial charge in [-0.3, -0.25) is 14.4 Å². The van der Waals surface area contributed by atoms with Crippen molar-refractivity contribution in [1.29, 1.82) is 0 Å². The predicted molar refractivity (Wildman–Crippen MR) is 244 cm³/mol. The summed E-state index contributed by atoms with van der Waals surface area (Å²) in [7, 11) is 4.79. The summed E-state index contributed by atoms with van der Waals surface area (Å²) in [4.78, 5) is 48.3. The van der Waals surface area contributed by atoms with E-state index in [1.54, 1.807) is 55.8 Å². The Labute approximate surface area is 391 Å². The van der Waals surface area contributed by atoms with Crippen LogP contribution in [-0.2, 0) is 44.5 Å². The number of alkyl halides is 2. The average Bonchev–Trinajstić information content (AvgIpc) is 3.94. The van der Waals surface area contributed by atoms with Crippen LogP contribution in [0.1, 0.15) is 84.7 Å². The number of halogens is 2. The van der Waals surface area contributed by atoms with Crippen LogP contribution in [0.5, 0.6) is 0 Å². The number of rotatable bonds is 13. The molecule has 4 heterocycles. The quantitative estimate of drug-likeness (QED) is 0.0799. The summed E-state index contributed by atoms with van der Waals surface area (Å²) < 4.78 is 45.1. The van der Waals surface area contributed by atoms with Crippen molar-refractivity contribution < 1.29 is 57.8 Å². The molecule has 0 radical (unpaired) electrons. The number of likely N-dealkylation sites (N-methyl/N-ethyl adjacent to an activating group) is 1. The van der Waals surface area contributed by atoms with E-state index in [2.05, 4.69) is 15.3 Å². The molecule has 17 nitrogen and oxygen atoms in total. The van der Waals surface area contributed by atoms with Gasteiger partial charge in [-0.1, -0.05) is 61.6 Å². The van der Waals surface area contributed by atoms with E-state index in [1.165, 1.54) is 51.0 Å². The second kappa shape index (κ2) is 21.7. The van der Waals surface area contributed by atoms with Crippen LogP contribution in [0.3, 0.4) is 0 Å². The van der Waals surface area contributed by atoms with Gasteiger partial charge >= 0.3 is 5.97 Å². The number of anilines is 1. The normalized spacial score (nSPS) is 34.6. The highest BCUT2D eigenvalue weighted by Gasteiger charge is 2.52. The molecule has 1 aromatic carbocycles. The molecule has 20 heteroatoms. The zero-order valence-corrected chi connectivity index (χ0v) is 41.1. The van der Waals surface area contributed by atoms with E-state index in [-0.39, 0.29) is 12.2 Å². The minimum absolute atomic E-state index is 0.0167. The fraction of sp³-hybridized carbons (Fsp3) is 0.682. The lowest BCUT2D eigenvalue weighted by Gasteiger charge is -2.47. The van der Waals surface area contributed by atoms with Gasteiger partial charge in [-0.2, -0.15) is 0 Å². The molecule has 5 rings (SSSR count). The van der Waals surface area contributed by atoms with Crippen LogP contribution in [-0.4, -0.2) is 144 Å². The number of aromatic nitrogens is 4. The summed E-state index contributed by atoms with van der Waals surface area (Å²) in [5.41, 5.74) is 4.70. The van der Waals surface area contributed by atoms with Crippen molar-refractivity contribution in [3.8, 4) is 10.4 Å². The molecule has 356 valence electrons. The zero-order chi connectivity index (χ0) is 47.4. The highest BCUT2D eigenvalue weighted by atomic mass is 127. The number of thiazole rings is 1. The van der Waals surface area contributed by atoms with Gasteiger partial charge in [-0.25, -0.2) is 14.1 Å². The van der Waals surface area contributed by atoms with E-state index < -0.39 is 106 Å². The molecular formula is C44H64FIN6O11S. The van der Waals surface area contributed by atoms with Crippen LogP contribution >= 0.6 is 33.9 Å². The smallest absolute Gasteiger partial charge is 0.317 e. The molecule has 0 saturated carbocycles. The molecule has 0 unspecified atom stereocenters. The number of aliphatic hydroxyl groups excluding tert-OH is 2. The van der Waals surface area contributed by atoms with Gasteiger partial charge in [0.15, 0.2) is 21.3 Å². The van der Waals surface area contributed by atoms with E-state index in [4.69, 9.17) is 29.4 Å². The van der Waals surface area contributed by atoms with Crippen molar-refractivity contribution in [3.63, 3.8) is 0 Å². The fourth-order valence-electron chi connectivity index (χ4n) is 8.88. The topological polar surface area (TPSA) is 231 Å². The number of ketones is 2. The van der Waals surface area contributed by atoms with Gasteiger partial charge < -0.3 is 49.6 Å². The molecule has 5 N–H and O–H groups in total. The highest BCUT2D eigenvalue weighted by Crippen LogP contribution is 2.39. The van der Waals surface area contributed by atoms with Crippen LogP contribution in [0.25, 0.3) is 10.4 Å². The number of hydrogen-bond donors (Lipinski definition) is 4. The summed E-state index contributed by atoms with van der Waals surface area (Å²) >= 11 is 3.05. The molecule has 0 bridgehead atoms. The number of ether oxygens (including phenoxy) is 5. The van der Waals surface area contributed by atoms with Crippen LogP contribution in [0.15, 0.2) is 36.7 Å². The molecule has 2 saturated heterocycles. The van der Waals surface area contributed by atoms with Gasteiger partial charge in [0.05, 0.1) is 34.5 Å². The fourth-order valence-corrected chi connectivity index (χ4v) is 10.2. The third-order valence-electron chi connectivity index (χ3n) is 13.0. The number of methoxy groups -OCH3 is 2. The highest BCUT2D eigenvalue weighted by molar-refractivity contribution is 14.1. The van der Waals surface area contributed by atoms with Crippen LogP contribution in [0, 0.1) is 23.7 Å². The average molecular weight is 1030 g/mol. The SMILES string of the molecule is CO[C@H](c1ccc(-c2cnc(N)s2)cc1)[C@@H](CF)n1cc(CCN(C)[C@H]2C[C@@H](C)O[C@@H](O[C@@H]3[C@@H](C)C(=O)[C@@H](C)C(=O)O[C@H](I)[C@@](C)(O)[C@H](O)[C@@H](C)C(=O)[C@H](C)C[C@@]3(C)OC)[C@@H]2O)nn1. The summed E-state index contributed by atoms with van der Waals surface area (Å²) in [5.74, 6) is -6.08. The Morgan fingerprint density at radius 2 is 1.75 bits per heavy atom. The maximum atomic E-state index is 14.7. The Balaban J connectivity index is 1.32. The molecule has 0 spiro atoms. The number of aliphatic hydroxyl groups is 3. The van der Waals surface area contributed by atoms with E-state index in [9.17, 15) is 34.1 Å². The van der Waals surface area contributed by atoms with E-state index in [0.29, 0.717) is 30.2 Å². The van der Waals surface area contributed by atoms with Crippen LogP contribution in [0.2, 0.25) is 0 Å². The number of cyclic esters (lactones) is 1. The predicted octanol–water partition coefficient (Wildman–Crippen LogP) is 4.51. The molecule has 2 aliphatic heterocycles. The maximum absolute atomic E-state index is 14.7. The van der Waals surface area contributed by atoms with Crippen molar-refractivity contribution in [2.45, 2.75) is 132 Å². The Hall–Kier alpha value is -3.06. The number of nitrogens with two attached hydrogens (primary N) is 1. The van der Waals surface area contributed by atoms with Crippen molar-refractivity contribution in [1.82, 2.24) is 24.9 Å². The zero-order valence-electron chi connectivity index (χ0n) is 38.1. The van der Waals surface area contributed by atoms with E-state index in [1.807, 2.05) is 43.1 Å². The number of hydrogen-bond acceptors (Lipinski definition) is 17. The largest absolute Gasteiger partial charge is 0.448 e. The van der Waals surface area contributed by atoms with E-state index >= 15 is 0 Å². The summed E-state index contributed by atoms with van der Waals surface area (Å²) in [5, 5.41) is 43.4. The first-order chi connectivity index (χ1) is 30.1. The van der Waals surface area contributed by atoms with Gasteiger partial charge in [-0.05, 0) is 81.3 Å².